The third kappa shape index (κ3) is 8.34. The normalized spacial score (nSPS) is 14.9. The van der Waals surface area contributed by atoms with E-state index in [1.54, 1.807) is 20.0 Å². The Balaban J connectivity index is 4.16. The number of aliphatic imine (C=N–C) groups is 1. The van der Waals surface area contributed by atoms with Gasteiger partial charge in [-0.2, -0.15) is 0 Å². The molecule has 0 aromatic carbocycles. The summed E-state index contributed by atoms with van der Waals surface area (Å²) in [5.74, 6) is 0.542. The van der Waals surface area contributed by atoms with Gasteiger partial charge in [-0.15, -0.1) is 0 Å². The van der Waals surface area contributed by atoms with Crippen LogP contribution in [0.1, 0.15) is 26.7 Å². The monoisotopic (exact) mass is 270 g/mol. The van der Waals surface area contributed by atoms with Crippen LogP contribution in [-0.4, -0.2) is 55.5 Å². The summed E-state index contributed by atoms with van der Waals surface area (Å²) in [7, 11) is 3.46. The van der Waals surface area contributed by atoms with Crippen LogP contribution in [-0.2, 0) is 4.79 Å². The van der Waals surface area contributed by atoms with Crippen LogP contribution < -0.4 is 10.6 Å². The highest BCUT2D eigenvalue weighted by Crippen LogP contribution is 2.01. The first kappa shape index (κ1) is 17.6. The number of carbonyl (C=O) groups is 1. The largest absolute Gasteiger partial charge is 0.379 e. The maximum Gasteiger partial charge on any atom is 0.223 e. The van der Waals surface area contributed by atoms with Gasteiger partial charge in [-0.3, -0.25) is 9.69 Å². The molecule has 1 amide bonds. The molecule has 0 aliphatic heterocycles. The molecule has 2 unspecified atom stereocenters. The fourth-order valence-corrected chi connectivity index (χ4v) is 1.37. The Morgan fingerprint density at radius 3 is 2.63 bits per heavy atom. The quantitative estimate of drug-likeness (QED) is 0.416. The Morgan fingerprint density at radius 2 is 2.16 bits per heavy atom. The maximum absolute atomic E-state index is 11.1. The van der Waals surface area contributed by atoms with Gasteiger partial charge in [0.15, 0.2) is 0 Å². The van der Waals surface area contributed by atoms with E-state index in [0.29, 0.717) is 5.82 Å². The van der Waals surface area contributed by atoms with Crippen LogP contribution in [0.25, 0.3) is 0 Å². The maximum atomic E-state index is 11.1. The number of hydrogen-bond acceptors (Lipinski definition) is 5. The topological polar surface area (TPSA) is 77.0 Å². The van der Waals surface area contributed by atoms with Gasteiger partial charge in [0, 0.05) is 26.1 Å². The van der Waals surface area contributed by atoms with Crippen molar-refractivity contribution in [2.24, 2.45) is 4.99 Å². The van der Waals surface area contributed by atoms with E-state index in [1.807, 2.05) is 18.9 Å². The molecule has 0 radical (unpaired) electrons. The zero-order valence-electron chi connectivity index (χ0n) is 12.3. The minimum atomic E-state index is -0.451. The predicted octanol–water partition coefficient (Wildman–Crippen LogP) is 0.303. The Morgan fingerprint density at radius 1 is 1.53 bits per heavy atom. The van der Waals surface area contributed by atoms with Crippen molar-refractivity contribution < 1.29 is 9.90 Å². The second kappa shape index (κ2) is 9.52. The number of amides is 1. The van der Waals surface area contributed by atoms with Gasteiger partial charge in [0.2, 0.25) is 5.91 Å². The second-order valence-corrected chi connectivity index (χ2v) is 4.57. The summed E-state index contributed by atoms with van der Waals surface area (Å²) in [4.78, 5) is 16.8. The molecule has 0 heterocycles. The highest BCUT2D eigenvalue weighted by molar-refractivity contribution is 5.77. The summed E-state index contributed by atoms with van der Waals surface area (Å²) in [6.07, 6.45) is 2.39. The molecule has 0 rings (SSSR count). The molecule has 110 valence electrons. The molecule has 0 aromatic rings. The van der Waals surface area contributed by atoms with Crippen LogP contribution in [0.5, 0.6) is 0 Å². The summed E-state index contributed by atoms with van der Waals surface area (Å²) in [5, 5.41) is 15.1. The van der Waals surface area contributed by atoms with Crippen molar-refractivity contribution in [3.05, 3.63) is 11.9 Å². The molecule has 2 atom stereocenters. The van der Waals surface area contributed by atoms with E-state index in [4.69, 9.17) is 0 Å². The molecular formula is C13H26N4O2. The van der Waals surface area contributed by atoms with Crippen LogP contribution in [0.15, 0.2) is 16.9 Å². The molecule has 0 fully saturated rings. The van der Waals surface area contributed by atoms with Crippen LogP contribution in [0.4, 0.5) is 0 Å². The number of nitrogens with zero attached hydrogens (tertiary/aromatic N) is 2. The molecule has 3 N–H and O–H groups in total. The summed E-state index contributed by atoms with van der Waals surface area (Å²) in [6.45, 7) is 8.00. The predicted molar refractivity (Wildman–Crippen MR) is 77.8 cm³/mol. The number of carbonyl (C=O) groups excluding carboxylic acids is 1. The zero-order chi connectivity index (χ0) is 14.8. The van der Waals surface area contributed by atoms with E-state index in [9.17, 15) is 9.90 Å². The molecule has 6 heteroatoms. The van der Waals surface area contributed by atoms with Crippen molar-refractivity contribution in [1.82, 2.24) is 15.5 Å². The third-order valence-corrected chi connectivity index (χ3v) is 2.88. The molecule has 0 aliphatic carbocycles. The number of aliphatic hydroxyl groups excluding tert-OH is 1. The summed E-state index contributed by atoms with van der Waals surface area (Å²) in [5.41, 5.74) is 0. The van der Waals surface area contributed by atoms with Crippen LogP contribution >= 0.6 is 0 Å². The van der Waals surface area contributed by atoms with Gasteiger partial charge in [-0.25, -0.2) is 4.99 Å². The smallest absolute Gasteiger partial charge is 0.223 e. The van der Waals surface area contributed by atoms with Gasteiger partial charge in [0.25, 0.3) is 0 Å². The van der Waals surface area contributed by atoms with Crippen molar-refractivity contribution in [2.75, 3.05) is 20.6 Å². The lowest BCUT2D eigenvalue weighted by Gasteiger charge is -2.22. The number of nitrogens with one attached hydrogen (secondary N) is 2. The van der Waals surface area contributed by atoms with Gasteiger partial charge in [-0.05, 0) is 40.1 Å². The van der Waals surface area contributed by atoms with Crippen molar-refractivity contribution in [3.8, 4) is 0 Å². The highest BCUT2D eigenvalue weighted by atomic mass is 16.3. The van der Waals surface area contributed by atoms with Gasteiger partial charge < -0.3 is 15.7 Å². The average Bonchev–Trinajstić information content (AvgIpc) is 2.39. The lowest BCUT2D eigenvalue weighted by atomic mass is 10.2. The summed E-state index contributed by atoms with van der Waals surface area (Å²) >= 11 is 0. The van der Waals surface area contributed by atoms with Gasteiger partial charge in [-0.1, -0.05) is 0 Å². The van der Waals surface area contributed by atoms with Gasteiger partial charge >= 0.3 is 0 Å². The Hall–Kier alpha value is -1.40. The molecule has 0 aliphatic rings. The number of rotatable bonds is 9. The molecule has 0 spiro atoms. The van der Waals surface area contributed by atoms with E-state index in [2.05, 4.69) is 22.3 Å². The van der Waals surface area contributed by atoms with E-state index in [1.165, 1.54) is 0 Å². The minimum Gasteiger partial charge on any atom is -0.379 e. The fourth-order valence-electron chi connectivity index (χ4n) is 1.37. The van der Waals surface area contributed by atoms with E-state index < -0.39 is 6.23 Å². The number of aliphatic hydroxyl groups is 1. The summed E-state index contributed by atoms with van der Waals surface area (Å²) in [6, 6.07) is 0.183. The van der Waals surface area contributed by atoms with Crippen molar-refractivity contribution in [3.63, 3.8) is 0 Å². The molecule has 0 bridgehead atoms. The molecule has 19 heavy (non-hydrogen) atoms. The first-order valence-corrected chi connectivity index (χ1v) is 6.43. The lowest BCUT2D eigenvalue weighted by Crippen LogP contribution is -2.34. The van der Waals surface area contributed by atoms with E-state index >= 15 is 0 Å². The van der Waals surface area contributed by atoms with Crippen molar-refractivity contribution >= 4 is 12.6 Å². The SMILES string of the molecule is C=N/C(=C\CC(=O)NC)NC(C)CCN(C)C(C)O. The lowest BCUT2D eigenvalue weighted by molar-refractivity contribution is -0.119. The van der Waals surface area contributed by atoms with Crippen molar-refractivity contribution in [1.29, 1.82) is 0 Å². The first-order valence-electron chi connectivity index (χ1n) is 6.43. The molecule has 0 saturated carbocycles. The summed E-state index contributed by atoms with van der Waals surface area (Å²) < 4.78 is 0. The standard InChI is InChI=1S/C13H26N4O2/c1-10(8-9-17(5)11(2)18)16-12(14-3)6-7-13(19)15-4/h6,10-11,16,18H,3,7-9H2,1-2,4-5H3,(H,15,19)/b12-6+. The molecule has 0 saturated heterocycles. The van der Waals surface area contributed by atoms with Gasteiger partial charge in [0.05, 0.1) is 0 Å². The molecule has 6 nitrogen and oxygen atoms in total. The Bertz CT molecular complexity index is 316. The Labute approximate surface area is 115 Å². The fraction of sp³-hybridized carbons (Fsp3) is 0.692. The van der Waals surface area contributed by atoms with E-state index in [0.717, 1.165) is 13.0 Å². The number of hydrogen-bond donors (Lipinski definition) is 3. The Kier molecular flexibility index (Phi) is 8.82. The highest BCUT2D eigenvalue weighted by Gasteiger charge is 2.08. The average molecular weight is 270 g/mol. The zero-order valence-corrected chi connectivity index (χ0v) is 12.3. The van der Waals surface area contributed by atoms with Crippen LogP contribution in [0.2, 0.25) is 0 Å². The van der Waals surface area contributed by atoms with Gasteiger partial charge in [0.1, 0.15) is 12.0 Å². The second-order valence-electron chi connectivity index (χ2n) is 4.57. The van der Waals surface area contributed by atoms with Crippen LogP contribution in [0.3, 0.4) is 0 Å². The van der Waals surface area contributed by atoms with Crippen molar-refractivity contribution in [2.45, 2.75) is 39.0 Å². The molecular weight excluding hydrogens is 244 g/mol. The minimum absolute atomic E-state index is 0.0653. The van der Waals surface area contributed by atoms with E-state index in [-0.39, 0.29) is 18.4 Å². The molecule has 0 aromatic heterocycles. The van der Waals surface area contributed by atoms with Crippen LogP contribution in [0, 0.1) is 0 Å². The first-order chi connectivity index (χ1) is 8.90. The third-order valence-electron chi connectivity index (χ3n) is 2.88.